The largest absolute Gasteiger partial charge is 0.399 e. The van der Waals surface area contributed by atoms with Crippen molar-refractivity contribution in [2.24, 2.45) is 0 Å². The summed E-state index contributed by atoms with van der Waals surface area (Å²) in [7, 11) is -0.0775. The van der Waals surface area contributed by atoms with E-state index in [1.165, 1.54) is 0 Å². The third-order valence-corrected chi connectivity index (χ3v) is 17.3. The number of halogens is 2. The molecule has 6 aromatic carbocycles. The molecule has 0 radical (unpaired) electrons. The lowest BCUT2D eigenvalue weighted by Crippen LogP contribution is -2.33. The zero-order valence-electron chi connectivity index (χ0n) is 33.2. The first-order chi connectivity index (χ1) is 25.9. The van der Waals surface area contributed by atoms with E-state index in [1.54, 1.807) is 49.7 Å². The van der Waals surface area contributed by atoms with E-state index < -0.39 is 21.4 Å². The van der Waals surface area contributed by atoms with Crippen molar-refractivity contribution >= 4 is 107 Å². The summed E-state index contributed by atoms with van der Waals surface area (Å²) < 4.78 is 39.0. The second-order valence-corrected chi connectivity index (χ2v) is 22.7. The first kappa shape index (κ1) is 46.8. The van der Waals surface area contributed by atoms with Crippen LogP contribution in [0.3, 0.4) is 0 Å². The molecule has 57 heavy (non-hydrogen) atoms. The Labute approximate surface area is 349 Å². The lowest BCUT2D eigenvalue weighted by atomic mass is 10.0. The lowest BCUT2D eigenvalue weighted by molar-refractivity contribution is 0.104. The number of hydrogen-bond donors (Lipinski definition) is 2. The minimum atomic E-state index is -2.81. The predicted molar refractivity (Wildman–Crippen MR) is 252 cm³/mol. The zero-order chi connectivity index (χ0) is 40.1. The van der Waals surface area contributed by atoms with Gasteiger partial charge in [0.25, 0.3) is 0 Å². The molecule has 1 aliphatic rings. The van der Waals surface area contributed by atoms with Gasteiger partial charge in [-0.05, 0) is 80.7 Å². The number of fused-ring (bicyclic) bond motifs is 2. The molecule has 0 saturated heterocycles. The second kappa shape index (κ2) is 19.3. The number of anilines is 4. The molecule has 0 unspecified atom stereocenters. The minimum Gasteiger partial charge on any atom is -0.399 e. The number of rotatable bonds is 6. The Morgan fingerprint density at radius 1 is 0.491 bits per heavy atom. The van der Waals surface area contributed by atoms with Gasteiger partial charge in [-0.2, -0.15) is 0 Å². The molecule has 6 aromatic rings. The highest BCUT2D eigenvalue weighted by Gasteiger charge is 2.37. The monoisotopic (exact) mass is 862 g/mol. The number of carbonyl (C=O) groups is 1. The maximum atomic E-state index is 13.6. The Bertz CT molecular complexity index is 2320. The molecule has 13 heteroatoms. The third kappa shape index (κ3) is 10.5. The highest BCUT2D eigenvalue weighted by atomic mass is 35.5. The molecule has 0 amide bonds. The maximum Gasteiger partial charge on any atom is 0.194 e. The van der Waals surface area contributed by atoms with Gasteiger partial charge >= 0.3 is 0 Å². The average molecular weight is 864 g/mol. The Kier molecular flexibility index (Phi) is 15.8. The van der Waals surface area contributed by atoms with Crippen LogP contribution in [-0.2, 0) is 13.7 Å². The molecular weight excluding hydrogens is 812 g/mol. The van der Waals surface area contributed by atoms with Crippen LogP contribution in [0.25, 0.3) is 0 Å². The minimum absolute atomic E-state index is 0. The van der Waals surface area contributed by atoms with E-state index in [2.05, 4.69) is 0 Å². The number of benzene rings is 6. The van der Waals surface area contributed by atoms with E-state index >= 15 is 0 Å². The fourth-order valence-corrected chi connectivity index (χ4v) is 12.2. The number of ketones is 1. The Morgan fingerprint density at radius 3 is 1.16 bits per heavy atom. The molecule has 0 aromatic heterocycles. The van der Waals surface area contributed by atoms with Crippen LogP contribution in [0.1, 0.15) is 15.9 Å². The molecule has 0 fully saturated rings. The quantitative estimate of drug-likeness (QED) is 0.130. The van der Waals surface area contributed by atoms with Gasteiger partial charge in [-0.3, -0.25) is 4.79 Å². The smallest absolute Gasteiger partial charge is 0.194 e. The number of carbonyl (C=O) groups excluding carboxylic acids is 1. The van der Waals surface area contributed by atoms with Crippen molar-refractivity contribution < 1.29 is 18.5 Å². The second-order valence-electron chi connectivity index (χ2n) is 14.2. The van der Waals surface area contributed by atoms with Crippen LogP contribution < -0.4 is 53.1 Å². The number of nitrogens with two attached hydrogens (primary N) is 2. The number of nitrogens with zero attached hydrogens (tertiary/aromatic N) is 2. The number of nitrogen functional groups attached to an aromatic ring is 2. The molecule has 0 atom stereocenters. The summed E-state index contributed by atoms with van der Waals surface area (Å²) in [5.41, 5.74) is 15.7. The van der Waals surface area contributed by atoms with Crippen LogP contribution in [0.4, 0.5) is 22.7 Å². The summed E-state index contributed by atoms with van der Waals surface area (Å²) in [4.78, 5) is 16.7. The summed E-state index contributed by atoms with van der Waals surface area (Å²) in [5, 5.41) is 4.66. The topological polar surface area (TPSA) is 127 Å². The van der Waals surface area contributed by atoms with Gasteiger partial charge < -0.3 is 35.0 Å². The fraction of sp³-hybridized carbons (Fsp3) is 0.159. The summed E-state index contributed by atoms with van der Waals surface area (Å²) in [6.07, 6.45) is 0. The molecule has 0 spiro atoms. The highest BCUT2D eigenvalue weighted by molar-refractivity contribution is 7.79. The van der Waals surface area contributed by atoms with Crippen LogP contribution in [0, 0.1) is 0 Å². The molecule has 300 valence electrons. The van der Waals surface area contributed by atoms with E-state index in [0.717, 1.165) is 32.6 Å². The Morgan fingerprint density at radius 2 is 0.825 bits per heavy atom. The van der Waals surface area contributed by atoms with Crippen LogP contribution >= 0.6 is 46.2 Å². The SMILES string of the molecule is CN(C)c1ccc2c(c1)P(C)(=O)c1cc(N(C)C)ccc1C2=O.CP(=O)(c1cccc(N)c1)c1cccc(N)c1.CP(=O)(c1ccccc1)c1ccccc1.Cl.Cl. The summed E-state index contributed by atoms with van der Waals surface area (Å²) in [6, 6.07) is 44.8. The standard InChI is InChI=1S/C18H21N2O2P.C13H15N2OP.C13H13OP.2ClH/c1-19(2)12-6-8-14-16(10-12)23(5,22)17-11-13(20(3)4)7-9-15(17)18(14)21;1-17(16,12-6-2-4-10(14)8-12)13-7-3-5-11(15)9-13;1-15(14,12-8-4-2-5-9-12)13-10-6-3-7-11-13;;/h6-11H,1-5H3;2-9H,14-15H2,1H3;2-11H,1H3;2*1H. The molecular formula is C44H51Cl2N4O4P3. The van der Waals surface area contributed by atoms with Crippen molar-refractivity contribution in [1.82, 2.24) is 0 Å². The first-order valence-corrected chi connectivity index (χ1v) is 24.2. The van der Waals surface area contributed by atoms with Gasteiger partial charge in [0.15, 0.2) is 5.78 Å². The molecule has 7 rings (SSSR count). The molecule has 8 nitrogen and oxygen atoms in total. The molecule has 0 saturated carbocycles. The first-order valence-electron chi connectivity index (χ1n) is 17.7. The fourth-order valence-electron chi connectivity index (χ4n) is 6.26. The van der Waals surface area contributed by atoms with Gasteiger partial charge in [0, 0.05) is 93.9 Å². The Hall–Kier alpha value is -4.54. The van der Waals surface area contributed by atoms with E-state index in [1.807, 2.05) is 154 Å². The molecule has 0 aliphatic carbocycles. The van der Waals surface area contributed by atoms with Gasteiger partial charge in [0.05, 0.1) is 0 Å². The highest BCUT2D eigenvalue weighted by Crippen LogP contribution is 2.46. The maximum absolute atomic E-state index is 13.6. The van der Waals surface area contributed by atoms with Gasteiger partial charge in [0.2, 0.25) is 0 Å². The molecule has 1 heterocycles. The lowest BCUT2D eigenvalue weighted by Gasteiger charge is -2.28. The third-order valence-electron chi connectivity index (χ3n) is 9.63. The van der Waals surface area contributed by atoms with E-state index in [9.17, 15) is 18.5 Å². The predicted octanol–water partition coefficient (Wildman–Crippen LogP) is 7.58. The van der Waals surface area contributed by atoms with E-state index in [-0.39, 0.29) is 30.6 Å². The van der Waals surface area contributed by atoms with E-state index in [4.69, 9.17) is 11.5 Å². The van der Waals surface area contributed by atoms with Crippen molar-refractivity contribution in [3.8, 4) is 0 Å². The summed E-state index contributed by atoms with van der Waals surface area (Å²) in [6.45, 7) is 5.31. The normalized spacial score (nSPS) is 12.4. The molecule has 0 bridgehead atoms. The van der Waals surface area contributed by atoms with Gasteiger partial charge in [-0.25, -0.2) is 0 Å². The molecule has 1 aliphatic heterocycles. The van der Waals surface area contributed by atoms with E-state index in [0.29, 0.717) is 33.1 Å². The average Bonchev–Trinajstić information content (AvgIpc) is 3.18. The van der Waals surface area contributed by atoms with Crippen LogP contribution in [0.5, 0.6) is 0 Å². The zero-order valence-corrected chi connectivity index (χ0v) is 37.5. The van der Waals surface area contributed by atoms with Gasteiger partial charge in [0.1, 0.15) is 21.4 Å². The summed E-state index contributed by atoms with van der Waals surface area (Å²) in [5.74, 6) is -0.0427. The van der Waals surface area contributed by atoms with Crippen molar-refractivity contribution in [3.63, 3.8) is 0 Å². The van der Waals surface area contributed by atoms with Gasteiger partial charge in [-0.1, -0.05) is 84.9 Å². The van der Waals surface area contributed by atoms with Crippen molar-refractivity contribution in [1.29, 1.82) is 0 Å². The summed E-state index contributed by atoms with van der Waals surface area (Å²) >= 11 is 0. The van der Waals surface area contributed by atoms with Gasteiger partial charge in [-0.15, -0.1) is 24.8 Å². The number of hydrogen-bond acceptors (Lipinski definition) is 8. The van der Waals surface area contributed by atoms with Crippen molar-refractivity contribution in [2.75, 3.05) is 69.5 Å². The Balaban J connectivity index is 0.000000231. The van der Waals surface area contributed by atoms with Crippen molar-refractivity contribution in [2.45, 2.75) is 0 Å². The van der Waals surface area contributed by atoms with Crippen LogP contribution in [0.2, 0.25) is 0 Å². The van der Waals surface area contributed by atoms with Crippen LogP contribution in [-0.4, -0.2) is 54.0 Å². The van der Waals surface area contributed by atoms with Crippen LogP contribution in [0.15, 0.2) is 146 Å². The molecule has 4 N–H and O–H groups in total. The van der Waals surface area contributed by atoms with Crippen molar-refractivity contribution in [3.05, 3.63) is 157 Å².